The van der Waals surface area contributed by atoms with E-state index in [2.05, 4.69) is 5.32 Å². The van der Waals surface area contributed by atoms with E-state index >= 15 is 0 Å². The largest absolute Gasteiger partial charge is 0.343 e. The van der Waals surface area contributed by atoms with Crippen LogP contribution in [0.5, 0.6) is 0 Å². The molecular weight excluding hydrogens is 224 g/mol. The minimum atomic E-state index is -0.0908. The first kappa shape index (κ1) is 11.2. The molecule has 84 valence electrons. The summed E-state index contributed by atoms with van der Waals surface area (Å²) in [5, 5.41) is 2.68. The Morgan fingerprint density at radius 2 is 2.25 bits per heavy atom. The van der Waals surface area contributed by atoms with Crippen LogP contribution in [-0.2, 0) is 4.79 Å². The molecule has 1 heterocycles. The van der Waals surface area contributed by atoms with Crippen molar-refractivity contribution in [3.63, 3.8) is 0 Å². The molecule has 0 bridgehead atoms. The van der Waals surface area contributed by atoms with E-state index in [1.807, 2.05) is 28.6 Å². The second kappa shape index (κ2) is 4.67. The second-order valence-corrected chi connectivity index (χ2v) is 4.68. The molecule has 0 aliphatic carbocycles. The predicted molar refractivity (Wildman–Crippen MR) is 62.0 cm³/mol. The molecule has 0 aromatic heterocycles. The number of Topliss-reactive ketones (excluding diaryl/α,β-unsaturated/α-hetero) is 1. The van der Waals surface area contributed by atoms with Gasteiger partial charge >= 0.3 is 0 Å². The highest BCUT2D eigenvalue weighted by Gasteiger charge is 2.23. The molecule has 0 fully saturated rings. The van der Waals surface area contributed by atoms with E-state index in [9.17, 15) is 9.59 Å². The fourth-order valence-electron chi connectivity index (χ4n) is 1.48. The van der Waals surface area contributed by atoms with E-state index in [0.717, 1.165) is 10.5 Å². The molecule has 0 atom stereocenters. The summed E-state index contributed by atoms with van der Waals surface area (Å²) in [5.41, 5.74) is 0.770. The Balaban J connectivity index is 2.09. The molecule has 5 heteroatoms. The minimum absolute atomic E-state index is 0.0908. The lowest BCUT2D eigenvalue weighted by Crippen LogP contribution is -2.37. The van der Waals surface area contributed by atoms with Crippen molar-refractivity contribution in [3.8, 4) is 0 Å². The van der Waals surface area contributed by atoms with E-state index < -0.39 is 0 Å². The van der Waals surface area contributed by atoms with Gasteiger partial charge in [-0.15, -0.1) is 0 Å². The molecule has 0 radical (unpaired) electrons. The number of fused-ring (bicyclic) bond motifs is 1. The van der Waals surface area contributed by atoms with Gasteiger partial charge in [-0.1, -0.05) is 18.2 Å². The maximum absolute atomic E-state index is 11.8. The molecule has 1 amide bonds. The van der Waals surface area contributed by atoms with Gasteiger partial charge in [-0.2, -0.15) is 0 Å². The van der Waals surface area contributed by atoms with Crippen LogP contribution in [-0.4, -0.2) is 29.2 Å². The Kier molecular flexibility index (Phi) is 3.26. The molecule has 1 aromatic rings. The zero-order chi connectivity index (χ0) is 11.5. The fraction of sp³-hybridized carbons (Fsp3) is 0.273. The predicted octanol–water partition coefficient (Wildman–Crippen LogP) is 1.29. The first-order valence-corrected chi connectivity index (χ1v) is 5.74. The van der Waals surface area contributed by atoms with Crippen molar-refractivity contribution in [2.45, 2.75) is 11.8 Å². The zero-order valence-electron chi connectivity index (χ0n) is 8.90. The van der Waals surface area contributed by atoms with Crippen molar-refractivity contribution in [2.75, 3.05) is 13.2 Å². The van der Waals surface area contributed by atoms with Crippen molar-refractivity contribution in [1.29, 1.82) is 0 Å². The summed E-state index contributed by atoms with van der Waals surface area (Å²) in [6.45, 7) is 2.19. The van der Waals surface area contributed by atoms with Crippen LogP contribution in [0, 0.1) is 0 Å². The number of amides is 1. The van der Waals surface area contributed by atoms with E-state index in [0.29, 0.717) is 13.2 Å². The average Bonchev–Trinajstić information content (AvgIpc) is 2.26. The van der Waals surface area contributed by atoms with Gasteiger partial charge in [0.2, 0.25) is 5.91 Å². The Morgan fingerprint density at radius 1 is 1.50 bits per heavy atom. The van der Waals surface area contributed by atoms with Crippen molar-refractivity contribution >= 4 is 23.6 Å². The molecule has 1 aliphatic heterocycles. The molecule has 1 aromatic carbocycles. The third kappa shape index (κ3) is 2.43. The van der Waals surface area contributed by atoms with Crippen molar-refractivity contribution in [1.82, 2.24) is 9.62 Å². The number of carbonyl (C=O) groups is 2. The molecule has 16 heavy (non-hydrogen) atoms. The molecule has 1 N–H and O–H groups in total. The van der Waals surface area contributed by atoms with Crippen LogP contribution >= 0.6 is 11.9 Å². The normalized spacial score (nSPS) is 15.7. The lowest BCUT2D eigenvalue weighted by molar-refractivity contribution is -0.119. The van der Waals surface area contributed by atoms with E-state index in [-0.39, 0.29) is 11.7 Å². The summed E-state index contributed by atoms with van der Waals surface area (Å²) in [5.74, 6) is 0.00612. The maximum atomic E-state index is 11.8. The van der Waals surface area contributed by atoms with Crippen molar-refractivity contribution in [2.24, 2.45) is 0 Å². The number of nitrogens with one attached hydrogen (secondary N) is 1. The molecule has 1 aliphatic rings. The van der Waals surface area contributed by atoms with Gasteiger partial charge in [0.15, 0.2) is 5.78 Å². The topological polar surface area (TPSA) is 49.4 Å². The van der Waals surface area contributed by atoms with Gasteiger partial charge in [0, 0.05) is 17.4 Å². The standard InChI is InChI=1S/C11H12N2O2S/c1-8(14)12-7-13-6-10(15)9-4-2-3-5-11(9)16-13/h2-5H,6-7H2,1H3,(H,12,14). The van der Waals surface area contributed by atoms with Gasteiger partial charge in [-0.25, -0.2) is 4.31 Å². The van der Waals surface area contributed by atoms with Gasteiger partial charge < -0.3 is 5.32 Å². The Hall–Kier alpha value is -1.33. The lowest BCUT2D eigenvalue weighted by Gasteiger charge is -2.25. The number of rotatable bonds is 2. The fourth-order valence-corrected chi connectivity index (χ4v) is 2.49. The lowest BCUT2D eigenvalue weighted by atomic mass is 10.1. The Morgan fingerprint density at radius 3 is 3.00 bits per heavy atom. The van der Waals surface area contributed by atoms with Gasteiger partial charge in [0.05, 0.1) is 13.2 Å². The van der Waals surface area contributed by atoms with Crippen LogP contribution in [0.25, 0.3) is 0 Å². The number of carbonyl (C=O) groups excluding carboxylic acids is 2. The zero-order valence-corrected chi connectivity index (χ0v) is 9.71. The monoisotopic (exact) mass is 236 g/mol. The SMILES string of the molecule is CC(=O)NCN1CC(=O)c2ccccc2S1. The van der Waals surface area contributed by atoms with Gasteiger partial charge in [0.1, 0.15) is 0 Å². The van der Waals surface area contributed by atoms with E-state index in [1.54, 1.807) is 0 Å². The van der Waals surface area contributed by atoms with Crippen LogP contribution < -0.4 is 5.32 Å². The summed E-state index contributed by atoms with van der Waals surface area (Å²) in [6.07, 6.45) is 0. The van der Waals surface area contributed by atoms with Crippen LogP contribution in [0.2, 0.25) is 0 Å². The van der Waals surface area contributed by atoms with Crippen LogP contribution in [0.1, 0.15) is 17.3 Å². The van der Waals surface area contributed by atoms with Crippen molar-refractivity contribution < 1.29 is 9.59 Å². The number of benzene rings is 1. The van der Waals surface area contributed by atoms with Gasteiger partial charge in [-0.05, 0) is 18.0 Å². The second-order valence-electron chi connectivity index (χ2n) is 3.54. The average molecular weight is 236 g/mol. The highest BCUT2D eigenvalue weighted by Crippen LogP contribution is 2.30. The van der Waals surface area contributed by atoms with Gasteiger partial charge in [-0.3, -0.25) is 9.59 Å². The smallest absolute Gasteiger partial charge is 0.217 e. The third-order valence-electron chi connectivity index (χ3n) is 2.24. The highest BCUT2D eigenvalue weighted by molar-refractivity contribution is 7.97. The van der Waals surface area contributed by atoms with Crippen molar-refractivity contribution in [3.05, 3.63) is 29.8 Å². The van der Waals surface area contributed by atoms with Crippen LogP contribution in [0.4, 0.5) is 0 Å². The van der Waals surface area contributed by atoms with E-state index in [1.165, 1.54) is 18.9 Å². The molecule has 0 saturated heterocycles. The molecule has 4 nitrogen and oxygen atoms in total. The van der Waals surface area contributed by atoms with Crippen LogP contribution in [0.3, 0.4) is 0 Å². The molecule has 2 rings (SSSR count). The molecule has 0 unspecified atom stereocenters. The van der Waals surface area contributed by atoms with Crippen LogP contribution in [0.15, 0.2) is 29.2 Å². The maximum Gasteiger partial charge on any atom is 0.217 e. The number of ketones is 1. The number of nitrogens with zero attached hydrogens (tertiary/aromatic N) is 1. The summed E-state index contributed by atoms with van der Waals surface area (Å²) < 4.78 is 1.84. The number of hydrogen-bond acceptors (Lipinski definition) is 4. The quantitative estimate of drug-likeness (QED) is 0.786. The summed E-state index contributed by atoms with van der Waals surface area (Å²) >= 11 is 1.50. The Labute approximate surface area is 98.1 Å². The summed E-state index contributed by atoms with van der Waals surface area (Å²) in [4.78, 5) is 23.5. The summed E-state index contributed by atoms with van der Waals surface area (Å²) in [6, 6.07) is 7.51. The summed E-state index contributed by atoms with van der Waals surface area (Å²) in [7, 11) is 0. The minimum Gasteiger partial charge on any atom is -0.343 e. The number of hydrogen-bond donors (Lipinski definition) is 1. The molecular formula is C11H12N2O2S. The Bertz CT molecular complexity index is 434. The van der Waals surface area contributed by atoms with E-state index in [4.69, 9.17) is 0 Å². The van der Waals surface area contributed by atoms with Gasteiger partial charge in [0.25, 0.3) is 0 Å². The highest BCUT2D eigenvalue weighted by atomic mass is 32.2. The first-order valence-electron chi connectivity index (χ1n) is 4.96. The third-order valence-corrected chi connectivity index (χ3v) is 3.31. The molecule has 0 spiro atoms. The molecule has 0 saturated carbocycles. The first-order chi connectivity index (χ1) is 7.66.